The Hall–Kier alpha value is -5.56. The zero-order valence-corrected chi connectivity index (χ0v) is 33.4. The quantitative estimate of drug-likeness (QED) is 0.143. The van der Waals surface area contributed by atoms with E-state index < -0.39 is 30.1 Å². The van der Waals surface area contributed by atoms with Gasteiger partial charge >= 0.3 is 0 Å². The predicted octanol–water partition coefficient (Wildman–Crippen LogP) is 4.71. The number of likely N-dealkylation sites (tertiary alicyclic amines) is 1. The van der Waals surface area contributed by atoms with Crippen LogP contribution in [0, 0.1) is 5.92 Å². The van der Waals surface area contributed by atoms with Crippen molar-refractivity contribution < 1.29 is 27.6 Å². The first-order valence-electron chi connectivity index (χ1n) is 20.9. The molecule has 5 N–H and O–H groups in total. The number of halogens is 3. The van der Waals surface area contributed by atoms with E-state index in [4.69, 9.17) is 5.73 Å². The van der Waals surface area contributed by atoms with Crippen LogP contribution in [0.15, 0.2) is 42.9 Å². The Morgan fingerprint density at radius 3 is 2.58 bits per heavy atom. The Kier molecular flexibility index (Phi) is 11.0. The molecule has 4 fully saturated rings. The van der Waals surface area contributed by atoms with Crippen LogP contribution in [-0.2, 0) is 16.6 Å². The lowest BCUT2D eigenvalue weighted by atomic mass is 9.85. The molecule has 4 aliphatic rings. The van der Waals surface area contributed by atoms with Crippen molar-refractivity contribution in [3.05, 3.63) is 59.8 Å². The summed E-state index contributed by atoms with van der Waals surface area (Å²) < 4.78 is 47.6. The van der Waals surface area contributed by atoms with Gasteiger partial charge in [-0.05, 0) is 81.5 Å². The minimum atomic E-state index is -2.89. The van der Waals surface area contributed by atoms with Crippen LogP contribution in [0.5, 0.6) is 0 Å². The molecule has 4 aromatic heterocycles. The van der Waals surface area contributed by atoms with Crippen molar-refractivity contribution in [3.8, 4) is 0 Å². The summed E-state index contributed by atoms with van der Waals surface area (Å²) in [6.45, 7) is 3.48. The van der Waals surface area contributed by atoms with E-state index in [1.807, 2.05) is 19.2 Å². The van der Waals surface area contributed by atoms with E-state index >= 15 is 0 Å². The molecule has 1 aromatic carbocycles. The van der Waals surface area contributed by atoms with Gasteiger partial charge in [0.2, 0.25) is 11.8 Å². The monoisotopic (exact) mass is 829 g/mol. The zero-order chi connectivity index (χ0) is 41.7. The van der Waals surface area contributed by atoms with Crippen LogP contribution in [0.4, 0.5) is 30.4 Å². The number of fused-ring (bicyclic) bond motifs is 2. The number of amides is 3. The van der Waals surface area contributed by atoms with Gasteiger partial charge in [-0.15, -0.1) is 0 Å². The summed E-state index contributed by atoms with van der Waals surface area (Å²) in [6, 6.07) is 7.72. The lowest BCUT2D eigenvalue weighted by Gasteiger charge is -2.37. The number of nitrogens with one attached hydrogen (secondary N) is 3. The number of hydrogen-bond acceptors (Lipinski definition) is 11. The molecule has 3 aliphatic heterocycles. The molecule has 3 amide bonds. The van der Waals surface area contributed by atoms with E-state index in [0.717, 1.165) is 74.7 Å². The Labute approximate surface area is 344 Å². The molecule has 0 bridgehead atoms. The fourth-order valence-electron chi connectivity index (χ4n) is 9.54. The van der Waals surface area contributed by atoms with Gasteiger partial charge in [0.1, 0.15) is 17.6 Å². The number of aryl methyl sites for hydroxylation is 1. The van der Waals surface area contributed by atoms with Gasteiger partial charge < -0.3 is 26.2 Å². The largest absolute Gasteiger partial charge is 0.382 e. The van der Waals surface area contributed by atoms with Crippen LogP contribution in [-0.4, -0.2) is 108 Å². The van der Waals surface area contributed by atoms with Gasteiger partial charge in [-0.25, -0.2) is 22.7 Å². The third-order valence-corrected chi connectivity index (χ3v) is 12.7. The number of piperidine rings is 3. The van der Waals surface area contributed by atoms with Gasteiger partial charge in [0, 0.05) is 75.2 Å². The SMILES string of the molecule is Cn1nc(C2CCC(=O)NC2=O)c2ccc(NC3CCN(CC4CCC(n5cc(NC(=O)c6cnn7ccc(N8C[C@H](N)C[C@@H](F)C8)nc67)c(C(F)F)n5)CC4)CC3)cc21. The first-order chi connectivity index (χ1) is 28.9. The van der Waals surface area contributed by atoms with Crippen LogP contribution in [0.1, 0.15) is 97.9 Å². The lowest BCUT2D eigenvalue weighted by molar-refractivity contribution is -0.134. The summed E-state index contributed by atoms with van der Waals surface area (Å²) in [4.78, 5) is 46.5. The summed E-state index contributed by atoms with van der Waals surface area (Å²) in [7, 11) is 1.87. The van der Waals surface area contributed by atoms with Crippen LogP contribution in [0.3, 0.4) is 0 Å². The van der Waals surface area contributed by atoms with E-state index in [1.165, 1.54) is 16.9 Å². The lowest BCUT2D eigenvalue weighted by Crippen LogP contribution is -2.48. The maximum absolute atomic E-state index is 14.3. The normalized spacial score (nSPS) is 24.7. The molecular formula is C41H50F3N13O3. The Balaban J connectivity index is 0.770. The summed E-state index contributed by atoms with van der Waals surface area (Å²) in [5.41, 5.74) is 8.45. The molecule has 1 unspecified atom stereocenters. The third kappa shape index (κ3) is 8.16. The van der Waals surface area contributed by atoms with Gasteiger partial charge in [0.05, 0.1) is 41.6 Å². The average molecular weight is 830 g/mol. The Morgan fingerprint density at radius 2 is 1.83 bits per heavy atom. The molecule has 60 heavy (non-hydrogen) atoms. The number of anilines is 3. The van der Waals surface area contributed by atoms with Crippen molar-refractivity contribution >= 4 is 51.5 Å². The van der Waals surface area contributed by atoms with Gasteiger partial charge in [-0.2, -0.15) is 15.3 Å². The summed E-state index contributed by atoms with van der Waals surface area (Å²) >= 11 is 0. The van der Waals surface area contributed by atoms with E-state index in [-0.39, 0.29) is 53.8 Å². The highest BCUT2D eigenvalue weighted by Gasteiger charge is 2.33. The highest BCUT2D eigenvalue weighted by molar-refractivity contribution is 6.08. The fraction of sp³-hybridized carbons (Fsp3) is 0.537. The Morgan fingerprint density at radius 1 is 1.03 bits per heavy atom. The van der Waals surface area contributed by atoms with E-state index in [9.17, 15) is 27.6 Å². The van der Waals surface area contributed by atoms with Crippen molar-refractivity contribution in [3.63, 3.8) is 0 Å². The molecule has 0 spiro atoms. The van der Waals surface area contributed by atoms with Crippen molar-refractivity contribution in [2.45, 2.75) is 94.4 Å². The number of nitrogens with two attached hydrogens (primary N) is 1. The number of aromatic nitrogens is 7. The number of imide groups is 1. The van der Waals surface area contributed by atoms with Crippen molar-refractivity contribution in [2.24, 2.45) is 18.7 Å². The molecule has 318 valence electrons. The number of carbonyl (C=O) groups excluding carboxylic acids is 3. The number of alkyl halides is 3. The number of carbonyl (C=O) groups is 3. The van der Waals surface area contributed by atoms with Crippen molar-refractivity contribution in [1.82, 2.24) is 44.4 Å². The van der Waals surface area contributed by atoms with E-state index in [1.54, 1.807) is 26.5 Å². The molecule has 3 saturated heterocycles. The molecule has 0 radical (unpaired) electrons. The number of nitrogens with zero attached hydrogens (tertiary/aromatic N) is 9. The second kappa shape index (κ2) is 16.5. The van der Waals surface area contributed by atoms with E-state index in [2.05, 4.69) is 47.2 Å². The van der Waals surface area contributed by atoms with Crippen LogP contribution >= 0.6 is 0 Å². The highest BCUT2D eigenvalue weighted by atomic mass is 19.3. The summed E-state index contributed by atoms with van der Waals surface area (Å²) in [5.74, 6) is -0.672. The van der Waals surface area contributed by atoms with Crippen LogP contribution in [0.25, 0.3) is 16.6 Å². The molecule has 1 saturated carbocycles. The first-order valence-corrected chi connectivity index (χ1v) is 20.9. The van der Waals surface area contributed by atoms with Crippen molar-refractivity contribution in [1.29, 1.82) is 0 Å². The molecule has 7 heterocycles. The predicted molar refractivity (Wildman–Crippen MR) is 218 cm³/mol. The number of benzene rings is 1. The molecule has 1 aliphatic carbocycles. The first kappa shape index (κ1) is 39.9. The minimum Gasteiger partial charge on any atom is -0.382 e. The number of rotatable bonds is 10. The second-order valence-electron chi connectivity index (χ2n) is 16.9. The molecule has 5 aromatic rings. The van der Waals surface area contributed by atoms with Crippen LogP contribution < -0.4 is 26.6 Å². The highest BCUT2D eigenvalue weighted by Crippen LogP contribution is 2.36. The fourth-order valence-corrected chi connectivity index (χ4v) is 9.54. The average Bonchev–Trinajstić information content (AvgIpc) is 3.94. The van der Waals surface area contributed by atoms with Crippen LogP contribution in [0.2, 0.25) is 0 Å². The zero-order valence-electron chi connectivity index (χ0n) is 33.4. The van der Waals surface area contributed by atoms with E-state index in [0.29, 0.717) is 42.9 Å². The maximum Gasteiger partial charge on any atom is 0.284 e. The number of hydrogen-bond donors (Lipinski definition) is 4. The van der Waals surface area contributed by atoms with Gasteiger partial charge in [0.25, 0.3) is 12.3 Å². The third-order valence-electron chi connectivity index (χ3n) is 12.7. The summed E-state index contributed by atoms with van der Waals surface area (Å²) in [5, 5.41) is 22.8. The molecular weight excluding hydrogens is 780 g/mol. The molecule has 16 nitrogen and oxygen atoms in total. The molecule has 19 heteroatoms. The standard InChI is InChI=1S/C41H50F3N13O3/c1-53-33-17-27(4-7-29(33)36(51-53)30-8-9-35(58)50-40(30)59)47-26-10-13-54(14-11-26)19-23-2-5-28(6-3-23)57-22-32(37(52-57)38(43)44)48-41(60)31-18-46-56-15-12-34(49-39(31)56)55-20-24(42)16-25(45)21-55/h4,7,12,15,17-18,22-26,28,30,38,47H,2-3,5-6,8-11,13-14,16,19-21,45H2,1H3,(H,48,60)(H,50,58,59)/t23?,24-,25-,28?,30?/m1/s1. The van der Waals surface area contributed by atoms with Gasteiger partial charge in [-0.1, -0.05) is 0 Å². The smallest absolute Gasteiger partial charge is 0.284 e. The topological polar surface area (TPSA) is 186 Å². The molecule has 3 atom stereocenters. The van der Waals surface area contributed by atoms with Gasteiger partial charge in [-0.3, -0.25) is 29.1 Å². The maximum atomic E-state index is 14.3. The van der Waals surface area contributed by atoms with Gasteiger partial charge in [0.15, 0.2) is 11.3 Å². The minimum absolute atomic E-state index is 0.0522. The Bertz CT molecular complexity index is 2390. The second-order valence-corrected chi connectivity index (χ2v) is 16.9. The molecule has 9 rings (SSSR count). The van der Waals surface area contributed by atoms with Crippen molar-refractivity contribution in [2.75, 3.05) is 48.3 Å². The summed E-state index contributed by atoms with van der Waals surface area (Å²) in [6.07, 6.45) is 6.99.